The molecular weight excluding hydrogens is 630 g/mol. The first-order valence-electron chi connectivity index (χ1n) is 17.1. The van der Waals surface area contributed by atoms with Gasteiger partial charge in [-0.2, -0.15) is 0 Å². The standard InChI is InChI=1S/C45H34NOPSi/c1-49(2)42-30-14-11-24-36(42)45(35-23-10-13-28-40(35)46-39-27-12-9-21-33(39)34-22-15-25-37(45)43(34)46)38-26-16-29-41(44(38)49)48(47,31-17-5-3-6-18-31)32-19-7-4-8-20-32/h3-30H,1-2H3. The number of nitrogens with zero attached hydrogens (tertiary/aromatic N) is 1. The topological polar surface area (TPSA) is 22.0 Å². The molecule has 0 saturated heterocycles. The van der Waals surface area contributed by atoms with Crippen LogP contribution in [0, 0.1) is 0 Å². The predicted molar refractivity (Wildman–Crippen MR) is 209 cm³/mol. The summed E-state index contributed by atoms with van der Waals surface area (Å²) in [6, 6.07) is 60.9. The minimum Gasteiger partial charge on any atom is -0.309 e. The minimum absolute atomic E-state index is 0.608. The Kier molecular flexibility index (Phi) is 5.96. The van der Waals surface area contributed by atoms with Crippen LogP contribution in [0.1, 0.15) is 22.3 Å². The molecule has 0 bridgehead atoms. The average molecular weight is 664 g/mol. The van der Waals surface area contributed by atoms with E-state index in [9.17, 15) is 0 Å². The van der Waals surface area contributed by atoms with Crippen LogP contribution < -0.4 is 26.3 Å². The summed E-state index contributed by atoms with van der Waals surface area (Å²) in [7, 11) is -5.77. The third-order valence-corrected chi connectivity index (χ3v) is 18.2. The molecule has 1 atom stereocenters. The summed E-state index contributed by atoms with van der Waals surface area (Å²) in [5, 5.41) is 7.94. The van der Waals surface area contributed by atoms with Crippen LogP contribution in [0.15, 0.2) is 170 Å². The second kappa shape index (κ2) is 10.2. The third-order valence-electron chi connectivity index (χ3n) is 11.3. The number of rotatable bonds is 3. The van der Waals surface area contributed by atoms with Crippen molar-refractivity contribution < 1.29 is 4.57 Å². The molecule has 0 aliphatic carbocycles. The molecule has 7 aromatic carbocycles. The molecule has 2 aliphatic rings. The van der Waals surface area contributed by atoms with Crippen LogP contribution in [0.3, 0.4) is 0 Å². The number of benzene rings is 7. The maximum absolute atomic E-state index is 16.3. The lowest BCUT2D eigenvalue weighted by atomic mass is 9.62. The van der Waals surface area contributed by atoms with Crippen molar-refractivity contribution in [1.82, 2.24) is 4.57 Å². The fourth-order valence-electron chi connectivity index (χ4n) is 9.39. The van der Waals surface area contributed by atoms with Crippen molar-refractivity contribution >= 4 is 63.3 Å². The van der Waals surface area contributed by atoms with Gasteiger partial charge in [-0.15, -0.1) is 0 Å². The average Bonchev–Trinajstić information content (AvgIpc) is 3.50. The van der Waals surface area contributed by atoms with Crippen LogP contribution in [-0.2, 0) is 9.98 Å². The molecule has 2 aliphatic heterocycles. The van der Waals surface area contributed by atoms with E-state index in [1.807, 2.05) is 36.4 Å². The fourth-order valence-corrected chi connectivity index (χ4v) is 16.9. The van der Waals surface area contributed by atoms with Crippen molar-refractivity contribution in [1.29, 1.82) is 0 Å². The lowest BCUT2D eigenvalue weighted by molar-refractivity contribution is 0.592. The van der Waals surface area contributed by atoms with E-state index in [0.29, 0.717) is 0 Å². The Hall–Kier alpha value is -5.21. The normalized spacial score (nSPS) is 17.1. The van der Waals surface area contributed by atoms with Crippen LogP contribution in [0.5, 0.6) is 0 Å². The fraction of sp³-hybridized carbons (Fsp3) is 0.0667. The summed E-state index contributed by atoms with van der Waals surface area (Å²) in [4.78, 5) is 0. The van der Waals surface area contributed by atoms with E-state index in [-0.39, 0.29) is 0 Å². The highest BCUT2D eigenvalue weighted by atomic mass is 31.2. The van der Waals surface area contributed by atoms with Crippen LogP contribution in [0.4, 0.5) is 0 Å². The van der Waals surface area contributed by atoms with Gasteiger partial charge in [-0.3, -0.25) is 0 Å². The Morgan fingerprint density at radius 1 is 0.510 bits per heavy atom. The molecule has 4 heteroatoms. The molecule has 1 unspecified atom stereocenters. The van der Waals surface area contributed by atoms with Gasteiger partial charge in [0.1, 0.15) is 8.07 Å². The minimum atomic E-state index is -3.30. The maximum Gasteiger partial charge on any atom is 0.170 e. The predicted octanol–water partition coefficient (Wildman–Crippen LogP) is 8.26. The second-order valence-electron chi connectivity index (χ2n) is 14.0. The quantitative estimate of drug-likeness (QED) is 0.138. The molecule has 0 N–H and O–H groups in total. The second-order valence-corrected chi connectivity index (χ2v) is 21.0. The molecule has 49 heavy (non-hydrogen) atoms. The molecule has 3 heterocycles. The zero-order valence-electron chi connectivity index (χ0n) is 27.5. The number of para-hydroxylation sites is 3. The van der Waals surface area contributed by atoms with E-state index in [0.717, 1.165) is 15.9 Å². The molecule has 2 nitrogen and oxygen atoms in total. The summed E-state index contributed by atoms with van der Waals surface area (Å²) in [6.07, 6.45) is 0. The van der Waals surface area contributed by atoms with Gasteiger partial charge in [0.25, 0.3) is 0 Å². The Balaban J connectivity index is 1.44. The van der Waals surface area contributed by atoms with E-state index in [2.05, 4.69) is 151 Å². The third kappa shape index (κ3) is 3.54. The van der Waals surface area contributed by atoms with Gasteiger partial charge >= 0.3 is 0 Å². The van der Waals surface area contributed by atoms with Gasteiger partial charge < -0.3 is 9.13 Å². The Morgan fingerprint density at radius 2 is 1.06 bits per heavy atom. The van der Waals surface area contributed by atoms with E-state index in [1.54, 1.807) is 0 Å². The van der Waals surface area contributed by atoms with Crippen molar-refractivity contribution in [2.24, 2.45) is 0 Å². The van der Waals surface area contributed by atoms with Gasteiger partial charge in [0.2, 0.25) is 0 Å². The van der Waals surface area contributed by atoms with E-state index < -0.39 is 20.6 Å². The van der Waals surface area contributed by atoms with Gasteiger partial charge in [0.15, 0.2) is 7.14 Å². The highest BCUT2D eigenvalue weighted by molar-refractivity contribution is 7.85. The van der Waals surface area contributed by atoms with Gasteiger partial charge in [-0.1, -0.05) is 171 Å². The van der Waals surface area contributed by atoms with Crippen LogP contribution in [0.2, 0.25) is 13.1 Å². The van der Waals surface area contributed by atoms with Crippen molar-refractivity contribution in [3.05, 3.63) is 192 Å². The molecule has 1 spiro atoms. The van der Waals surface area contributed by atoms with E-state index in [4.69, 9.17) is 0 Å². The lowest BCUT2D eigenvalue weighted by Gasteiger charge is -2.50. The summed E-state index contributed by atoms with van der Waals surface area (Å²) >= 11 is 0. The van der Waals surface area contributed by atoms with Crippen LogP contribution in [-0.4, -0.2) is 12.6 Å². The van der Waals surface area contributed by atoms with Gasteiger partial charge in [-0.25, -0.2) is 0 Å². The molecule has 10 rings (SSSR count). The first-order valence-corrected chi connectivity index (χ1v) is 21.8. The Morgan fingerprint density at radius 3 is 1.82 bits per heavy atom. The van der Waals surface area contributed by atoms with Gasteiger partial charge in [0.05, 0.1) is 22.1 Å². The van der Waals surface area contributed by atoms with Crippen molar-refractivity contribution in [3.63, 3.8) is 0 Å². The summed E-state index contributed by atoms with van der Waals surface area (Å²) in [5.74, 6) is 0. The van der Waals surface area contributed by atoms with Crippen molar-refractivity contribution in [2.75, 3.05) is 0 Å². The molecule has 8 aromatic rings. The Bertz CT molecular complexity index is 2630. The van der Waals surface area contributed by atoms with Crippen molar-refractivity contribution in [3.8, 4) is 5.69 Å². The highest BCUT2D eigenvalue weighted by Crippen LogP contribution is 2.55. The first-order chi connectivity index (χ1) is 24.0. The zero-order valence-corrected chi connectivity index (χ0v) is 29.4. The summed E-state index contributed by atoms with van der Waals surface area (Å²) in [5.41, 5.74) is 8.23. The van der Waals surface area contributed by atoms with Gasteiger partial charge in [-0.05, 0) is 44.8 Å². The zero-order chi connectivity index (χ0) is 33.0. The molecule has 0 fully saturated rings. The molecule has 0 saturated carbocycles. The van der Waals surface area contributed by atoms with E-state index in [1.165, 1.54) is 60.1 Å². The highest BCUT2D eigenvalue weighted by Gasteiger charge is 2.55. The molecule has 234 valence electrons. The summed E-state index contributed by atoms with van der Waals surface area (Å²) in [6.45, 7) is 4.93. The molecule has 1 aromatic heterocycles. The van der Waals surface area contributed by atoms with Crippen LogP contribution in [0.25, 0.3) is 27.5 Å². The van der Waals surface area contributed by atoms with E-state index >= 15 is 4.57 Å². The van der Waals surface area contributed by atoms with Gasteiger partial charge in [0, 0.05) is 26.7 Å². The first kappa shape index (κ1) is 28.8. The smallest absolute Gasteiger partial charge is 0.170 e. The summed E-state index contributed by atoms with van der Waals surface area (Å²) < 4.78 is 18.8. The molecular formula is C45H34NOPSi. The number of hydrogen-bond donors (Lipinski definition) is 0. The number of aromatic nitrogens is 1. The molecule has 0 amide bonds. The lowest BCUT2D eigenvalue weighted by Crippen LogP contribution is -2.67. The van der Waals surface area contributed by atoms with Crippen molar-refractivity contribution in [2.45, 2.75) is 18.5 Å². The molecule has 0 radical (unpaired) electrons. The SMILES string of the molecule is C[Si]1(C)c2ccccc2C2(c3ccccc3-n3c4ccccc4c4cccc2c43)c2cccc(P(=O)(c3ccccc3)c3ccccc3)c21. The largest absolute Gasteiger partial charge is 0.309 e. The number of hydrogen-bond acceptors (Lipinski definition) is 1. The number of fused-ring (bicyclic) bond motifs is 11. The van der Waals surface area contributed by atoms with Crippen LogP contribution >= 0.6 is 7.14 Å². The monoisotopic (exact) mass is 663 g/mol. The Labute approximate surface area is 287 Å². The maximum atomic E-state index is 16.3.